The smallest absolute Gasteiger partial charge is 0.278 e. The molecule has 1 unspecified atom stereocenters. The molecule has 0 amide bonds. The highest BCUT2D eigenvalue weighted by molar-refractivity contribution is 8.04. The molecule has 1 heterocycles. The number of nitrogens with zero attached hydrogens (tertiary/aromatic N) is 1. The number of aromatic amines is 1. The second kappa shape index (κ2) is 3.86. The Morgan fingerprint density at radius 3 is 2.71 bits per heavy atom. The van der Waals surface area contributed by atoms with Crippen molar-refractivity contribution in [1.82, 2.24) is 9.97 Å². The van der Waals surface area contributed by atoms with E-state index in [0.717, 1.165) is 0 Å². The van der Waals surface area contributed by atoms with Gasteiger partial charge in [0.05, 0.1) is 12.4 Å². The van der Waals surface area contributed by atoms with E-state index >= 15 is 0 Å². The summed E-state index contributed by atoms with van der Waals surface area (Å²) in [7, 11) is -4.20. The number of primary sulfonamides is 1. The minimum Gasteiger partial charge on any atom is -0.348 e. The van der Waals surface area contributed by atoms with Gasteiger partial charge >= 0.3 is 0 Å². The van der Waals surface area contributed by atoms with Gasteiger partial charge in [0, 0.05) is 18.3 Å². The molecular formula is C6H10N4O3S. The van der Waals surface area contributed by atoms with Crippen molar-refractivity contribution in [1.29, 1.82) is 0 Å². The van der Waals surface area contributed by atoms with Crippen LogP contribution >= 0.6 is 0 Å². The van der Waals surface area contributed by atoms with E-state index in [0.29, 0.717) is 5.69 Å². The van der Waals surface area contributed by atoms with Crippen LogP contribution in [0.5, 0.6) is 0 Å². The molecule has 0 fully saturated rings. The summed E-state index contributed by atoms with van der Waals surface area (Å²) in [6, 6.07) is -1.16. The molecule has 1 aromatic heterocycles. The molecule has 1 atom stereocenters. The van der Waals surface area contributed by atoms with E-state index in [-0.39, 0.29) is 6.42 Å². The maximum Gasteiger partial charge on any atom is 0.278 e. The van der Waals surface area contributed by atoms with E-state index in [9.17, 15) is 13.2 Å². The molecule has 0 aliphatic rings. The van der Waals surface area contributed by atoms with Crippen molar-refractivity contribution in [2.75, 3.05) is 0 Å². The number of sulfonamides is 1. The van der Waals surface area contributed by atoms with Gasteiger partial charge in [-0.05, 0) is 0 Å². The zero-order chi connectivity index (χ0) is 10.8. The summed E-state index contributed by atoms with van der Waals surface area (Å²) in [5, 5.41) is 3.45. The molecule has 0 bridgehead atoms. The fourth-order valence-electron chi connectivity index (χ4n) is 0.928. The molecular weight excluding hydrogens is 208 g/mol. The summed E-state index contributed by atoms with van der Waals surface area (Å²) in [5.74, 6) is 0. The predicted octanol–water partition coefficient (Wildman–Crippen LogP) is -1.91. The summed E-state index contributed by atoms with van der Waals surface area (Å²) in [6.07, 6.45) is 2.93. The number of rotatable bonds is 3. The normalized spacial score (nSPS) is 13.9. The molecule has 14 heavy (non-hydrogen) atoms. The van der Waals surface area contributed by atoms with Crippen molar-refractivity contribution >= 4 is 15.1 Å². The SMILES string of the molecule is NC(Cc1cnc[nH]1)C(=O)S(N)(=O)=O. The van der Waals surface area contributed by atoms with Crippen LogP contribution in [0.4, 0.5) is 0 Å². The number of nitrogens with one attached hydrogen (secondary N) is 1. The molecule has 0 radical (unpaired) electrons. The Morgan fingerprint density at radius 2 is 2.29 bits per heavy atom. The van der Waals surface area contributed by atoms with Crippen LogP contribution in [0, 0.1) is 0 Å². The van der Waals surface area contributed by atoms with Crippen molar-refractivity contribution in [2.45, 2.75) is 12.5 Å². The van der Waals surface area contributed by atoms with Gasteiger partial charge in [-0.15, -0.1) is 0 Å². The monoisotopic (exact) mass is 218 g/mol. The van der Waals surface area contributed by atoms with Crippen molar-refractivity contribution in [3.63, 3.8) is 0 Å². The maximum atomic E-state index is 11.0. The fraction of sp³-hybridized carbons (Fsp3) is 0.333. The van der Waals surface area contributed by atoms with Crippen LogP contribution in [0.2, 0.25) is 0 Å². The molecule has 1 aromatic rings. The zero-order valence-electron chi connectivity index (χ0n) is 7.17. The second-order valence-corrected chi connectivity index (χ2v) is 4.24. The van der Waals surface area contributed by atoms with E-state index in [4.69, 9.17) is 5.73 Å². The predicted molar refractivity (Wildman–Crippen MR) is 48.4 cm³/mol. The first kappa shape index (κ1) is 10.8. The highest BCUT2D eigenvalue weighted by atomic mass is 32.2. The first-order valence-electron chi connectivity index (χ1n) is 3.70. The van der Waals surface area contributed by atoms with Crippen LogP contribution in [0.25, 0.3) is 0 Å². The number of imidazole rings is 1. The van der Waals surface area contributed by atoms with Crippen LogP contribution in [-0.4, -0.2) is 29.5 Å². The Bertz CT molecular complexity index is 410. The molecule has 0 saturated heterocycles. The molecule has 5 N–H and O–H groups in total. The molecule has 0 aromatic carbocycles. The van der Waals surface area contributed by atoms with Crippen LogP contribution in [0.15, 0.2) is 12.5 Å². The van der Waals surface area contributed by atoms with Crippen LogP contribution < -0.4 is 10.9 Å². The molecule has 0 spiro atoms. The van der Waals surface area contributed by atoms with Crippen molar-refractivity contribution < 1.29 is 13.2 Å². The lowest BCUT2D eigenvalue weighted by molar-refractivity contribution is -0.112. The number of hydrogen-bond donors (Lipinski definition) is 3. The molecule has 0 aliphatic heterocycles. The Morgan fingerprint density at radius 1 is 1.64 bits per heavy atom. The number of carbonyl (C=O) groups is 1. The molecule has 1 rings (SSSR count). The minimum absolute atomic E-state index is 0.0647. The second-order valence-electron chi connectivity index (χ2n) is 2.75. The van der Waals surface area contributed by atoms with Gasteiger partial charge in [-0.1, -0.05) is 0 Å². The Balaban J connectivity index is 2.69. The Hall–Kier alpha value is -1.25. The summed E-state index contributed by atoms with van der Waals surface area (Å²) >= 11 is 0. The summed E-state index contributed by atoms with van der Waals surface area (Å²) in [5.41, 5.74) is 5.92. The molecule has 8 heteroatoms. The average molecular weight is 218 g/mol. The van der Waals surface area contributed by atoms with Gasteiger partial charge < -0.3 is 10.7 Å². The third kappa shape index (κ3) is 2.62. The van der Waals surface area contributed by atoms with E-state index in [1.807, 2.05) is 0 Å². The first-order valence-corrected chi connectivity index (χ1v) is 5.25. The Kier molecular flexibility index (Phi) is 2.99. The van der Waals surface area contributed by atoms with Gasteiger partial charge in [0.2, 0.25) is 0 Å². The van der Waals surface area contributed by atoms with Crippen LogP contribution in [0.1, 0.15) is 5.69 Å². The van der Waals surface area contributed by atoms with Gasteiger partial charge in [-0.2, -0.15) is 0 Å². The number of aromatic nitrogens is 2. The molecule has 0 aliphatic carbocycles. The topological polar surface area (TPSA) is 132 Å². The highest BCUT2D eigenvalue weighted by Crippen LogP contribution is 1.99. The van der Waals surface area contributed by atoms with Gasteiger partial charge in [0.15, 0.2) is 0 Å². The van der Waals surface area contributed by atoms with Crippen LogP contribution in [0.3, 0.4) is 0 Å². The lowest BCUT2D eigenvalue weighted by Crippen LogP contribution is -2.40. The van der Waals surface area contributed by atoms with E-state index < -0.39 is 21.2 Å². The first-order chi connectivity index (χ1) is 6.41. The summed E-state index contributed by atoms with van der Waals surface area (Å²) in [6.45, 7) is 0. The van der Waals surface area contributed by atoms with E-state index in [1.54, 1.807) is 0 Å². The standard InChI is InChI=1S/C6H10N4O3S/c7-5(6(11)14(8,12)13)1-4-2-9-3-10-4/h2-3,5H,1,7H2,(H,9,10)(H2,8,12,13). The maximum absolute atomic E-state index is 11.0. The van der Waals surface area contributed by atoms with E-state index in [2.05, 4.69) is 15.1 Å². The number of H-pyrrole nitrogens is 1. The van der Waals surface area contributed by atoms with Gasteiger partial charge in [-0.3, -0.25) is 4.79 Å². The summed E-state index contributed by atoms with van der Waals surface area (Å²) in [4.78, 5) is 17.4. The van der Waals surface area contributed by atoms with Gasteiger partial charge in [-0.25, -0.2) is 18.5 Å². The minimum atomic E-state index is -4.20. The quantitative estimate of drug-likeness (QED) is 0.544. The molecule has 7 nitrogen and oxygen atoms in total. The van der Waals surface area contributed by atoms with E-state index in [1.165, 1.54) is 12.5 Å². The molecule has 0 saturated carbocycles. The van der Waals surface area contributed by atoms with Crippen molar-refractivity contribution in [2.24, 2.45) is 10.9 Å². The van der Waals surface area contributed by atoms with Gasteiger partial charge in [0.1, 0.15) is 0 Å². The van der Waals surface area contributed by atoms with Crippen LogP contribution in [-0.2, 0) is 21.2 Å². The Labute approximate surface area is 80.6 Å². The third-order valence-electron chi connectivity index (χ3n) is 1.58. The van der Waals surface area contributed by atoms with Crippen molar-refractivity contribution in [3.05, 3.63) is 18.2 Å². The number of carbonyl (C=O) groups excluding carboxylic acids is 1. The fourth-order valence-corrected chi connectivity index (χ4v) is 1.43. The number of nitrogens with two attached hydrogens (primary N) is 2. The average Bonchev–Trinajstić information content (AvgIpc) is 2.53. The third-order valence-corrected chi connectivity index (χ3v) is 2.44. The summed E-state index contributed by atoms with van der Waals surface area (Å²) < 4.78 is 21.2. The molecule has 78 valence electrons. The zero-order valence-corrected chi connectivity index (χ0v) is 7.99. The lowest BCUT2D eigenvalue weighted by atomic mass is 10.2. The lowest BCUT2D eigenvalue weighted by Gasteiger charge is -2.06. The largest absolute Gasteiger partial charge is 0.348 e. The number of hydrogen-bond acceptors (Lipinski definition) is 5. The van der Waals surface area contributed by atoms with Crippen molar-refractivity contribution in [3.8, 4) is 0 Å². The highest BCUT2D eigenvalue weighted by Gasteiger charge is 2.24. The van der Waals surface area contributed by atoms with Gasteiger partial charge in [0.25, 0.3) is 15.1 Å².